The average molecular weight is 273 g/mol. The van der Waals surface area contributed by atoms with Crippen molar-refractivity contribution in [2.45, 2.75) is 26.8 Å². The van der Waals surface area contributed by atoms with Crippen LogP contribution in [0.5, 0.6) is 5.75 Å². The molecule has 0 spiro atoms. The van der Waals surface area contributed by atoms with Gasteiger partial charge in [-0.05, 0) is 43.2 Å². The van der Waals surface area contributed by atoms with Crippen LogP contribution in [0, 0.1) is 13.8 Å². The Kier molecular flexibility index (Phi) is 4.45. The Morgan fingerprint density at radius 2 is 2.15 bits per heavy atom. The molecule has 1 N–H and O–H groups in total. The molecule has 0 saturated heterocycles. The Bertz CT molecular complexity index is 588. The lowest BCUT2D eigenvalue weighted by Gasteiger charge is -2.13. The summed E-state index contributed by atoms with van der Waals surface area (Å²) < 4.78 is 10.5. The van der Waals surface area contributed by atoms with Crippen LogP contribution >= 0.6 is 0 Å². The molecule has 1 amide bonds. The molecule has 1 aromatic carbocycles. The molecule has 0 aliphatic rings. The number of benzene rings is 1. The molecule has 1 aromatic heterocycles. The van der Waals surface area contributed by atoms with Gasteiger partial charge < -0.3 is 14.5 Å². The summed E-state index contributed by atoms with van der Waals surface area (Å²) in [5.41, 5.74) is 3.11. The second-order valence-electron chi connectivity index (χ2n) is 4.80. The van der Waals surface area contributed by atoms with E-state index in [-0.39, 0.29) is 5.91 Å². The summed E-state index contributed by atoms with van der Waals surface area (Å²) in [6.07, 6.45) is 1.89. The van der Waals surface area contributed by atoms with E-state index < -0.39 is 0 Å². The number of carbonyl (C=O) groups is 1. The zero-order chi connectivity index (χ0) is 14.5. The van der Waals surface area contributed by atoms with Gasteiger partial charge in [0.05, 0.1) is 26.3 Å². The third kappa shape index (κ3) is 3.41. The van der Waals surface area contributed by atoms with E-state index in [9.17, 15) is 4.79 Å². The number of carbonyl (C=O) groups excluding carboxylic acids is 1. The minimum Gasteiger partial charge on any atom is -0.496 e. The van der Waals surface area contributed by atoms with E-state index >= 15 is 0 Å². The van der Waals surface area contributed by atoms with Gasteiger partial charge in [-0.15, -0.1) is 0 Å². The van der Waals surface area contributed by atoms with E-state index in [0.29, 0.717) is 13.0 Å². The highest BCUT2D eigenvalue weighted by Gasteiger charge is 2.12. The average Bonchev–Trinajstić information content (AvgIpc) is 2.92. The third-order valence-electron chi connectivity index (χ3n) is 3.17. The lowest BCUT2D eigenvalue weighted by molar-refractivity contribution is -0.120. The number of methoxy groups -OCH3 is 1. The molecule has 4 heteroatoms. The van der Waals surface area contributed by atoms with Crippen molar-refractivity contribution >= 4 is 5.91 Å². The highest BCUT2D eigenvalue weighted by molar-refractivity contribution is 5.79. The van der Waals surface area contributed by atoms with Gasteiger partial charge in [-0.3, -0.25) is 4.79 Å². The van der Waals surface area contributed by atoms with E-state index in [0.717, 1.165) is 28.2 Å². The van der Waals surface area contributed by atoms with Crippen molar-refractivity contribution in [3.8, 4) is 5.75 Å². The normalized spacial score (nSPS) is 10.3. The largest absolute Gasteiger partial charge is 0.496 e. The highest BCUT2D eigenvalue weighted by Crippen LogP contribution is 2.24. The monoisotopic (exact) mass is 273 g/mol. The molecule has 0 bridgehead atoms. The van der Waals surface area contributed by atoms with Crippen LogP contribution in [0.3, 0.4) is 0 Å². The van der Waals surface area contributed by atoms with Crippen LogP contribution in [0.4, 0.5) is 0 Å². The van der Waals surface area contributed by atoms with Crippen LogP contribution in [-0.4, -0.2) is 13.0 Å². The standard InChI is InChI=1S/C16H19NO3/c1-11-7-12(2)14(15(8-11)19-3)9-16(18)17-10-13-5-4-6-20-13/h4-8H,9-10H2,1-3H3,(H,17,18). The first-order chi connectivity index (χ1) is 9.60. The Morgan fingerprint density at radius 1 is 1.35 bits per heavy atom. The molecule has 4 nitrogen and oxygen atoms in total. The first kappa shape index (κ1) is 14.2. The van der Waals surface area contributed by atoms with Crippen molar-refractivity contribution in [2.75, 3.05) is 7.11 Å². The second-order valence-corrected chi connectivity index (χ2v) is 4.80. The van der Waals surface area contributed by atoms with Crippen molar-refractivity contribution in [1.29, 1.82) is 0 Å². The van der Waals surface area contributed by atoms with E-state index in [2.05, 4.69) is 11.4 Å². The number of amides is 1. The van der Waals surface area contributed by atoms with Gasteiger partial charge >= 0.3 is 0 Å². The zero-order valence-corrected chi connectivity index (χ0v) is 12.0. The van der Waals surface area contributed by atoms with Gasteiger partial charge in [0.1, 0.15) is 11.5 Å². The number of ether oxygens (including phenoxy) is 1. The molecule has 0 atom stereocenters. The molecule has 20 heavy (non-hydrogen) atoms. The molecule has 0 saturated carbocycles. The zero-order valence-electron chi connectivity index (χ0n) is 12.0. The Hall–Kier alpha value is -2.23. The predicted octanol–water partition coefficient (Wildman–Crippen LogP) is 2.76. The van der Waals surface area contributed by atoms with Gasteiger partial charge in [-0.25, -0.2) is 0 Å². The summed E-state index contributed by atoms with van der Waals surface area (Å²) in [5, 5.41) is 2.84. The maximum atomic E-state index is 12.0. The number of hydrogen-bond acceptors (Lipinski definition) is 3. The first-order valence-electron chi connectivity index (χ1n) is 6.53. The van der Waals surface area contributed by atoms with Crippen molar-refractivity contribution < 1.29 is 13.9 Å². The predicted molar refractivity (Wildman–Crippen MR) is 76.7 cm³/mol. The van der Waals surface area contributed by atoms with Crippen molar-refractivity contribution in [1.82, 2.24) is 5.32 Å². The van der Waals surface area contributed by atoms with Gasteiger partial charge in [0.15, 0.2) is 0 Å². The molecule has 0 aliphatic carbocycles. The summed E-state index contributed by atoms with van der Waals surface area (Å²) in [7, 11) is 1.62. The maximum absolute atomic E-state index is 12.0. The summed E-state index contributed by atoms with van der Waals surface area (Å²) in [6.45, 7) is 4.40. The van der Waals surface area contributed by atoms with Crippen LogP contribution in [0.15, 0.2) is 34.9 Å². The van der Waals surface area contributed by atoms with E-state index in [1.807, 2.05) is 26.0 Å². The minimum atomic E-state index is -0.0494. The van der Waals surface area contributed by atoms with Crippen molar-refractivity contribution in [3.05, 3.63) is 53.0 Å². The molecule has 0 unspecified atom stereocenters. The Morgan fingerprint density at radius 3 is 2.80 bits per heavy atom. The molecule has 0 fully saturated rings. The third-order valence-corrected chi connectivity index (χ3v) is 3.17. The molecule has 2 aromatic rings. The molecule has 2 rings (SSSR count). The lowest BCUT2D eigenvalue weighted by atomic mass is 10.0. The van der Waals surface area contributed by atoms with Gasteiger partial charge in [0.2, 0.25) is 5.91 Å². The highest BCUT2D eigenvalue weighted by atomic mass is 16.5. The van der Waals surface area contributed by atoms with Crippen LogP contribution in [0.25, 0.3) is 0 Å². The maximum Gasteiger partial charge on any atom is 0.224 e. The topological polar surface area (TPSA) is 51.5 Å². The van der Waals surface area contributed by atoms with Crippen LogP contribution in [0.2, 0.25) is 0 Å². The summed E-state index contributed by atoms with van der Waals surface area (Å²) in [6, 6.07) is 7.63. The number of hydrogen-bond donors (Lipinski definition) is 1. The molecular formula is C16H19NO3. The van der Waals surface area contributed by atoms with Gasteiger partial charge in [-0.2, -0.15) is 0 Å². The van der Waals surface area contributed by atoms with Crippen LogP contribution < -0.4 is 10.1 Å². The number of rotatable bonds is 5. The summed E-state index contributed by atoms with van der Waals surface area (Å²) in [5.74, 6) is 1.45. The summed E-state index contributed by atoms with van der Waals surface area (Å²) in [4.78, 5) is 12.0. The van der Waals surface area contributed by atoms with Crippen LogP contribution in [-0.2, 0) is 17.8 Å². The summed E-state index contributed by atoms with van der Waals surface area (Å²) >= 11 is 0. The van der Waals surface area contributed by atoms with E-state index in [1.165, 1.54) is 0 Å². The SMILES string of the molecule is COc1cc(C)cc(C)c1CC(=O)NCc1ccco1. The first-order valence-corrected chi connectivity index (χ1v) is 6.53. The molecule has 1 heterocycles. The molecular weight excluding hydrogens is 254 g/mol. The number of aryl methyl sites for hydroxylation is 2. The van der Waals surface area contributed by atoms with Crippen LogP contribution in [0.1, 0.15) is 22.5 Å². The fraction of sp³-hybridized carbons (Fsp3) is 0.312. The Labute approximate surface area is 118 Å². The number of nitrogens with one attached hydrogen (secondary N) is 1. The fourth-order valence-electron chi connectivity index (χ4n) is 2.19. The van der Waals surface area contributed by atoms with E-state index in [4.69, 9.17) is 9.15 Å². The fourth-order valence-corrected chi connectivity index (χ4v) is 2.19. The van der Waals surface area contributed by atoms with Crippen molar-refractivity contribution in [3.63, 3.8) is 0 Å². The molecule has 0 aliphatic heterocycles. The molecule has 106 valence electrons. The number of furan rings is 1. The smallest absolute Gasteiger partial charge is 0.224 e. The van der Waals surface area contributed by atoms with Crippen molar-refractivity contribution in [2.24, 2.45) is 0 Å². The quantitative estimate of drug-likeness (QED) is 0.911. The van der Waals surface area contributed by atoms with Gasteiger partial charge in [0, 0.05) is 5.56 Å². The van der Waals surface area contributed by atoms with Gasteiger partial charge in [-0.1, -0.05) is 6.07 Å². The lowest BCUT2D eigenvalue weighted by Crippen LogP contribution is -2.24. The molecule has 0 radical (unpaired) electrons. The van der Waals surface area contributed by atoms with Gasteiger partial charge in [0.25, 0.3) is 0 Å². The Balaban J connectivity index is 2.04. The van der Waals surface area contributed by atoms with E-state index in [1.54, 1.807) is 19.4 Å². The second kappa shape index (κ2) is 6.28. The minimum absolute atomic E-state index is 0.0494.